The molecule has 0 aromatic carbocycles. The Balaban J connectivity index is 2.08. The third kappa shape index (κ3) is 2.43. The van der Waals surface area contributed by atoms with Crippen LogP contribution in [-0.4, -0.2) is 17.0 Å². The van der Waals surface area contributed by atoms with Gasteiger partial charge in [-0.25, -0.2) is 4.98 Å². The van der Waals surface area contributed by atoms with E-state index in [0.717, 1.165) is 5.56 Å². The van der Waals surface area contributed by atoms with Crippen LogP contribution in [0.4, 0.5) is 11.8 Å². The van der Waals surface area contributed by atoms with Gasteiger partial charge in [0.1, 0.15) is 5.02 Å². The molecular formula is C10H11ClN4O. The number of nitrogens with zero attached hydrogens (tertiary/aromatic N) is 2. The fraction of sp³-hybridized carbons (Fsp3) is 0.200. The molecule has 2 aromatic heterocycles. The molecule has 5 nitrogen and oxygen atoms in total. The molecule has 0 aliphatic heterocycles. The number of halogens is 1. The molecule has 0 spiro atoms. The number of aromatic nitrogens is 2. The van der Waals surface area contributed by atoms with Crippen LogP contribution in [-0.2, 0) is 6.54 Å². The van der Waals surface area contributed by atoms with Crippen molar-refractivity contribution in [1.29, 1.82) is 0 Å². The number of rotatable bonds is 4. The summed E-state index contributed by atoms with van der Waals surface area (Å²) in [6, 6.07) is 1.88. The maximum Gasteiger partial charge on any atom is 0.224 e. The third-order valence-corrected chi connectivity index (χ3v) is 2.28. The summed E-state index contributed by atoms with van der Waals surface area (Å²) in [4.78, 5) is 8.18. The van der Waals surface area contributed by atoms with Gasteiger partial charge in [0, 0.05) is 19.2 Å². The predicted molar refractivity (Wildman–Crippen MR) is 62.6 cm³/mol. The average Bonchev–Trinajstić information content (AvgIpc) is 2.81. The fourth-order valence-corrected chi connectivity index (χ4v) is 1.35. The third-order valence-electron chi connectivity index (χ3n) is 2.01. The number of furan rings is 1. The first kappa shape index (κ1) is 10.8. The molecule has 0 aliphatic carbocycles. The van der Waals surface area contributed by atoms with Crippen molar-refractivity contribution in [1.82, 2.24) is 9.97 Å². The van der Waals surface area contributed by atoms with Gasteiger partial charge in [0.25, 0.3) is 0 Å². The summed E-state index contributed by atoms with van der Waals surface area (Å²) in [7, 11) is 1.75. The molecule has 2 heterocycles. The standard InChI is InChI=1S/C10H11ClN4O/c1-12-10-14-5-8(11)9(15-10)13-4-7-2-3-16-6-7/h2-3,5-6H,4H2,1H3,(H2,12,13,14,15). The van der Waals surface area contributed by atoms with Crippen molar-refractivity contribution < 1.29 is 4.42 Å². The SMILES string of the molecule is CNc1ncc(Cl)c(NCc2ccoc2)n1. The van der Waals surface area contributed by atoms with Crippen molar-refractivity contribution in [2.45, 2.75) is 6.54 Å². The van der Waals surface area contributed by atoms with E-state index in [0.29, 0.717) is 23.3 Å². The molecule has 0 bridgehead atoms. The quantitative estimate of drug-likeness (QED) is 0.856. The highest BCUT2D eigenvalue weighted by molar-refractivity contribution is 6.32. The van der Waals surface area contributed by atoms with Crippen LogP contribution in [0.25, 0.3) is 0 Å². The molecule has 2 N–H and O–H groups in total. The number of hydrogen-bond acceptors (Lipinski definition) is 5. The minimum atomic E-state index is 0.488. The zero-order valence-corrected chi connectivity index (χ0v) is 9.45. The van der Waals surface area contributed by atoms with Crippen LogP contribution < -0.4 is 10.6 Å². The lowest BCUT2D eigenvalue weighted by molar-refractivity contribution is 0.564. The minimum absolute atomic E-state index is 0.488. The van der Waals surface area contributed by atoms with Gasteiger partial charge in [0.15, 0.2) is 5.82 Å². The van der Waals surface area contributed by atoms with Crippen LogP contribution >= 0.6 is 11.6 Å². The summed E-state index contributed by atoms with van der Waals surface area (Å²) in [5.74, 6) is 1.13. The Kier molecular flexibility index (Phi) is 3.26. The summed E-state index contributed by atoms with van der Waals surface area (Å²) in [5, 5.41) is 6.44. The highest BCUT2D eigenvalue weighted by Crippen LogP contribution is 2.19. The van der Waals surface area contributed by atoms with Crippen LogP contribution in [0.5, 0.6) is 0 Å². The summed E-state index contributed by atoms with van der Waals surface area (Å²) in [6.07, 6.45) is 4.84. The highest BCUT2D eigenvalue weighted by Gasteiger charge is 2.04. The lowest BCUT2D eigenvalue weighted by Crippen LogP contribution is -2.04. The van der Waals surface area contributed by atoms with Crippen molar-refractivity contribution >= 4 is 23.4 Å². The van der Waals surface area contributed by atoms with E-state index in [4.69, 9.17) is 16.0 Å². The second-order valence-electron chi connectivity index (χ2n) is 3.13. The van der Waals surface area contributed by atoms with Gasteiger partial charge in [-0.05, 0) is 6.07 Å². The van der Waals surface area contributed by atoms with E-state index in [-0.39, 0.29) is 0 Å². The molecule has 0 radical (unpaired) electrons. The van der Waals surface area contributed by atoms with Crippen LogP contribution in [0.1, 0.15) is 5.56 Å². The van der Waals surface area contributed by atoms with Gasteiger partial charge in [-0.2, -0.15) is 4.98 Å². The topological polar surface area (TPSA) is 63.0 Å². The monoisotopic (exact) mass is 238 g/mol. The molecule has 0 saturated heterocycles. The molecule has 2 rings (SSSR count). The van der Waals surface area contributed by atoms with E-state index >= 15 is 0 Å². The summed E-state index contributed by atoms with van der Waals surface area (Å²) < 4.78 is 4.96. The number of anilines is 2. The summed E-state index contributed by atoms with van der Waals surface area (Å²) in [5.41, 5.74) is 1.03. The molecule has 0 saturated carbocycles. The first-order valence-corrected chi connectivity index (χ1v) is 5.12. The van der Waals surface area contributed by atoms with E-state index in [2.05, 4.69) is 20.6 Å². The summed E-state index contributed by atoms with van der Waals surface area (Å²) >= 11 is 5.95. The molecule has 6 heteroatoms. The Bertz CT molecular complexity index is 458. The zero-order valence-electron chi connectivity index (χ0n) is 8.70. The smallest absolute Gasteiger partial charge is 0.224 e. The average molecular weight is 239 g/mol. The van der Waals surface area contributed by atoms with E-state index < -0.39 is 0 Å². The molecule has 2 aromatic rings. The Morgan fingerprint density at radius 2 is 2.38 bits per heavy atom. The van der Waals surface area contributed by atoms with Gasteiger partial charge in [-0.15, -0.1) is 0 Å². The molecule has 0 atom stereocenters. The largest absolute Gasteiger partial charge is 0.472 e. The second-order valence-corrected chi connectivity index (χ2v) is 3.53. The minimum Gasteiger partial charge on any atom is -0.472 e. The first-order valence-electron chi connectivity index (χ1n) is 4.75. The molecule has 16 heavy (non-hydrogen) atoms. The van der Waals surface area contributed by atoms with E-state index in [1.807, 2.05) is 6.07 Å². The Morgan fingerprint density at radius 1 is 1.50 bits per heavy atom. The molecule has 0 amide bonds. The predicted octanol–water partition coefficient (Wildman–Crippen LogP) is 2.38. The fourth-order valence-electron chi connectivity index (χ4n) is 1.19. The van der Waals surface area contributed by atoms with E-state index in [1.165, 1.54) is 0 Å². The lowest BCUT2D eigenvalue weighted by Gasteiger charge is -2.07. The number of hydrogen-bond donors (Lipinski definition) is 2. The number of nitrogens with one attached hydrogen (secondary N) is 2. The van der Waals surface area contributed by atoms with E-state index in [9.17, 15) is 0 Å². The molecular weight excluding hydrogens is 228 g/mol. The Labute approximate surface area is 97.9 Å². The summed E-state index contributed by atoms with van der Waals surface area (Å²) in [6.45, 7) is 0.608. The Hall–Kier alpha value is -1.75. The second kappa shape index (κ2) is 4.85. The van der Waals surface area contributed by atoms with E-state index in [1.54, 1.807) is 25.8 Å². The first-order chi connectivity index (χ1) is 7.79. The van der Waals surface area contributed by atoms with Gasteiger partial charge >= 0.3 is 0 Å². The maximum absolute atomic E-state index is 5.95. The van der Waals surface area contributed by atoms with Gasteiger partial charge < -0.3 is 15.1 Å². The van der Waals surface area contributed by atoms with Crippen LogP contribution in [0.15, 0.2) is 29.2 Å². The molecule has 84 valence electrons. The highest BCUT2D eigenvalue weighted by atomic mass is 35.5. The molecule has 0 aliphatic rings. The van der Waals surface area contributed by atoms with Crippen LogP contribution in [0.3, 0.4) is 0 Å². The van der Waals surface area contributed by atoms with Crippen molar-refractivity contribution in [3.8, 4) is 0 Å². The molecule has 0 unspecified atom stereocenters. The van der Waals surface area contributed by atoms with Gasteiger partial charge in [-0.1, -0.05) is 11.6 Å². The van der Waals surface area contributed by atoms with Gasteiger partial charge in [-0.3, -0.25) is 0 Å². The maximum atomic E-state index is 5.95. The van der Waals surface area contributed by atoms with Gasteiger partial charge in [0.2, 0.25) is 5.95 Å². The lowest BCUT2D eigenvalue weighted by atomic mass is 10.3. The van der Waals surface area contributed by atoms with Crippen molar-refractivity contribution in [2.75, 3.05) is 17.7 Å². The van der Waals surface area contributed by atoms with Crippen molar-refractivity contribution in [3.63, 3.8) is 0 Å². The normalized spacial score (nSPS) is 10.1. The zero-order chi connectivity index (χ0) is 11.4. The van der Waals surface area contributed by atoms with Crippen molar-refractivity contribution in [3.05, 3.63) is 35.4 Å². The van der Waals surface area contributed by atoms with Crippen LogP contribution in [0.2, 0.25) is 5.02 Å². The Morgan fingerprint density at radius 3 is 3.06 bits per heavy atom. The van der Waals surface area contributed by atoms with Gasteiger partial charge in [0.05, 0.1) is 18.7 Å². The van der Waals surface area contributed by atoms with Crippen LogP contribution in [0, 0.1) is 0 Å². The molecule has 0 fully saturated rings. The van der Waals surface area contributed by atoms with Crippen molar-refractivity contribution in [2.24, 2.45) is 0 Å².